The molecule has 84 valence electrons. The standard InChI is InChI=1S/C12H19FN2/c1-2-3-8-14-9-10-15-12-7-5-4-6-11(12)13/h4-7,14-15H,2-3,8-10H2,1H3. The highest BCUT2D eigenvalue weighted by atomic mass is 19.1. The average Bonchev–Trinajstić information content (AvgIpc) is 2.25. The fourth-order valence-electron chi connectivity index (χ4n) is 1.32. The molecule has 0 aliphatic rings. The number of unbranched alkanes of at least 4 members (excludes halogenated alkanes) is 1. The lowest BCUT2D eigenvalue weighted by Gasteiger charge is -2.07. The lowest BCUT2D eigenvalue weighted by molar-refractivity contribution is 0.625. The average molecular weight is 210 g/mol. The first-order valence-corrected chi connectivity index (χ1v) is 5.53. The van der Waals surface area contributed by atoms with Crippen molar-refractivity contribution in [2.75, 3.05) is 25.0 Å². The van der Waals surface area contributed by atoms with E-state index in [-0.39, 0.29) is 5.82 Å². The molecule has 2 N–H and O–H groups in total. The molecule has 2 nitrogen and oxygen atoms in total. The lowest BCUT2D eigenvalue weighted by Crippen LogP contribution is -2.23. The summed E-state index contributed by atoms with van der Waals surface area (Å²) in [5.74, 6) is -0.189. The fraction of sp³-hybridized carbons (Fsp3) is 0.500. The molecule has 0 aliphatic heterocycles. The van der Waals surface area contributed by atoms with E-state index >= 15 is 0 Å². The van der Waals surface area contributed by atoms with Gasteiger partial charge in [-0.2, -0.15) is 0 Å². The largest absolute Gasteiger partial charge is 0.381 e. The van der Waals surface area contributed by atoms with Crippen LogP contribution in [-0.4, -0.2) is 19.6 Å². The summed E-state index contributed by atoms with van der Waals surface area (Å²) in [7, 11) is 0. The first kappa shape index (κ1) is 12.0. The Bertz CT molecular complexity index is 276. The third kappa shape index (κ3) is 4.79. The molecule has 15 heavy (non-hydrogen) atoms. The fourth-order valence-corrected chi connectivity index (χ4v) is 1.32. The van der Waals surface area contributed by atoms with Gasteiger partial charge in [-0.25, -0.2) is 4.39 Å². The van der Waals surface area contributed by atoms with Crippen LogP contribution in [-0.2, 0) is 0 Å². The van der Waals surface area contributed by atoms with E-state index in [0.717, 1.165) is 19.6 Å². The summed E-state index contributed by atoms with van der Waals surface area (Å²) >= 11 is 0. The van der Waals surface area contributed by atoms with Crippen molar-refractivity contribution in [3.8, 4) is 0 Å². The van der Waals surface area contributed by atoms with Crippen LogP contribution in [0.2, 0.25) is 0 Å². The van der Waals surface area contributed by atoms with Crippen LogP contribution in [0.15, 0.2) is 24.3 Å². The van der Waals surface area contributed by atoms with E-state index in [1.165, 1.54) is 18.9 Å². The zero-order valence-electron chi connectivity index (χ0n) is 9.22. The highest BCUT2D eigenvalue weighted by molar-refractivity contribution is 5.44. The van der Waals surface area contributed by atoms with Crippen LogP contribution in [0.5, 0.6) is 0 Å². The first-order chi connectivity index (χ1) is 7.34. The molecule has 1 aromatic carbocycles. The number of halogens is 1. The van der Waals surface area contributed by atoms with E-state index < -0.39 is 0 Å². The molecule has 0 fully saturated rings. The maximum absolute atomic E-state index is 13.1. The van der Waals surface area contributed by atoms with Gasteiger partial charge in [-0.05, 0) is 25.1 Å². The normalized spacial score (nSPS) is 10.3. The Morgan fingerprint density at radius 2 is 1.93 bits per heavy atom. The topological polar surface area (TPSA) is 24.1 Å². The molecule has 0 unspecified atom stereocenters. The molecule has 0 amide bonds. The molecule has 0 saturated carbocycles. The second-order valence-electron chi connectivity index (χ2n) is 3.51. The first-order valence-electron chi connectivity index (χ1n) is 5.53. The minimum absolute atomic E-state index is 0.189. The van der Waals surface area contributed by atoms with E-state index in [1.807, 2.05) is 6.07 Å². The van der Waals surface area contributed by atoms with Gasteiger partial charge in [0.2, 0.25) is 0 Å². The van der Waals surface area contributed by atoms with Gasteiger partial charge in [-0.15, -0.1) is 0 Å². The third-order valence-corrected chi connectivity index (χ3v) is 2.20. The van der Waals surface area contributed by atoms with Gasteiger partial charge in [0.05, 0.1) is 5.69 Å². The number of nitrogens with one attached hydrogen (secondary N) is 2. The lowest BCUT2D eigenvalue weighted by atomic mass is 10.3. The van der Waals surface area contributed by atoms with Crippen LogP contribution < -0.4 is 10.6 Å². The van der Waals surface area contributed by atoms with Gasteiger partial charge in [-0.1, -0.05) is 25.5 Å². The predicted octanol–water partition coefficient (Wildman–Crippen LogP) is 2.63. The third-order valence-electron chi connectivity index (χ3n) is 2.20. The zero-order valence-corrected chi connectivity index (χ0v) is 9.22. The van der Waals surface area contributed by atoms with Gasteiger partial charge < -0.3 is 10.6 Å². The van der Waals surface area contributed by atoms with Gasteiger partial charge in [0.15, 0.2) is 0 Å². The highest BCUT2D eigenvalue weighted by Crippen LogP contribution is 2.11. The molecule has 0 atom stereocenters. The molecule has 0 heterocycles. The number of anilines is 1. The Morgan fingerprint density at radius 3 is 2.67 bits per heavy atom. The van der Waals surface area contributed by atoms with Crippen molar-refractivity contribution in [3.05, 3.63) is 30.1 Å². The molecule has 0 bridgehead atoms. The molecule has 1 rings (SSSR count). The molecule has 0 radical (unpaired) electrons. The van der Waals surface area contributed by atoms with Crippen molar-refractivity contribution in [2.45, 2.75) is 19.8 Å². The van der Waals surface area contributed by atoms with Crippen LogP contribution in [0.3, 0.4) is 0 Å². The molecule has 0 aliphatic carbocycles. The van der Waals surface area contributed by atoms with Crippen LogP contribution in [0.1, 0.15) is 19.8 Å². The van der Waals surface area contributed by atoms with Gasteiger partial charge in [-0.3, -0.25) is 0 Å². The van der Waals surface area contributed by atoms with Crippen molar-refractivity contribution in [1.82, 2.24) is 5.32 Å². The summed E-state index contributed by atoms with van der Waals surface area (Å²) in [6.07, 6.45) is 2.40. The molecule has 0 spiro atoms. The van der Waals surface area contributed by atoms with Crippen LogP contribution >= 0.6 is 0 Å². The second kappa shape index (κ2) is 7.23. The zero-order chi connectivity index (χ0) is 10.9. The molecular weight excluding hydrogens is 191 g/mol. The monoisotopic (exact) mass is 210 g/mol. The van der Waals surface area contributed by atoms with Crippen LogP contribution in [0, 0.1) is 5.82 Å². The van der Waals surface area contributed by atoms with Crippen LogP contribution in [0.25, 0.3) is 0 Å². The summed E-state index contributed by atoms with van der Waals surface area (Å²) in [6, 6.07) is 6.74. The quantitative estimate of drug-likeness (QED) is 0.676. The predicted molar refractivity (Wildman–Crippen MR) is 62.7 cm³/mol. The van der Waals surface area contributed by atoms with E-state index in [2.05, 4.69) is 17.6 Å². The molecular formula is C12H19FN2. The summed E-state index contributed by atoms with van der Waals surface area (Å²) in [4.78, 5) is 0. The van der Waals surface area contributed by atoms with Gasteiger partial charge >= 0.3 is 0 Å². The summed E-state index contributed by atoms with van der Waals surface area (Å²) in [5.41, 5.74) is 0.579. The number of hydrogen-bond acceptors (Lipinski definition) is 2. The molecule has 1 aromatic rings. The Balaban J connectivity index is 2.12. The number of rotatable bonds is 7. The van der Waals surface area contributed by atoms with E-state index in [9.17, 15) is 4.39 Å². The summed E-state index contributed by atoms with van der Waals surface area (Å²) in [5, 5.41) is 6.34. The van der Waals surface area contributed by atoms with E-state index in [0.29, 0.717) is 5.69 Å². The number of benzene rings is 1. The van der Waals surface area contributed by atoms with Gasteiger partial charge in [0.25, 0.3) is 0 Å². The Kier molecular flexibility index (Phi) is 5.78. The second-order valence-corrected chi connectivity index (χ2v) is 3.51. The minimum Gasteiger partial charge on any atom is -0.381 e. The summed E-state index contributed by atoms with van der Waals surface area (Å²) < 4.78 is 13.1. The number of para-hydroxylation sites is 1. The van der Waals surface area contributed by atoms with Gasteiger partial charge in [0, 0.05) is 13.1 Å². The van der Waals surface area contributed by atoms with Crippen molar-refractivity contribution in [2.24, 2.45) is 0 Å². The minimum atomic E-state index is -0.189. The molecule has 3 heteroatoms. The van der Waals surface area contributed by atoms with Crippen molar-refractivity contribution in [1.29, 1.82) is 0 Å². The van der Waals surface area contributed by atoms with Crippen LogP contribution in [0.4, 0.5) is 10.1 Å². The number of hydrogen-bond donors (Lipinski definition) is 2. The Labute approximate surface area is 90.9 Å². The maximum Gasteiger partial charge on any atom is 0.146 e. The van der Waals surface area contributed by atoms with Crippen molar-refractivity contribution >= 4 is 5.69 Å². The Hall–Kier alpha value is -1.09. The highest BCUT2D eigenvalue weighted by Gasteiger charge is 1.97. The van der Waals surface area contributed by atoms with E-state index in [4.69, 9.17) is 0 Å². The van der Waals surface area contributed by atoms with E-state index in [1.54, 1.807) is 12.1 Å². The SMILES string of the molecule is CCCCNCCNc1ccccc1F. The Morgan fingerprint density at radius 1 is 1.13 bits per heavy atom. The van der Waals surface area contributed by atoms with Gasteiger partial charge in [0.1, 0.15) is 5.82 Å². The maximum atomic E-state index is 13.1. The molecule has 0 saturated heterocycles. The van der Waals surface area contributed by atoms with Crippen molar-refractivity contribution < 1.29 is 4.39 Å². The smallest absolute Gasteiger partial charge is 0.146 e. The summed E-state index contributed by atoms with van der Waals surface area (Å²) in [6.45, 7) is 4.83. The molecule has 0 aromatic heterocycles. The van der Waals surface area contributed by atoms with Crippen molar-refractivity contribution in [3.63, 3.8) is 0 Å².